The van der Waals surface area contributed by atoms with E-state index in [-0.39, 0.29) is 17.5 Å². The molecule has 0 aliphatic heterocycles. The van der Waals surface area contributed by atoms with E-state index in [9.17, 15) is 4.79 Å². The molecular weight excluding hydrogens is 254 g/mol. The van der Waals surface area contributed by atoms with Crippen molar-refractivity contribution >= 4 is 5.97 Å². The Morgan fingerprint density at radius 1 is 1.30 bits per heavy atom. The van der Waals surface area contributed by atoms with Crippen LogP contribution in [0.4, 0.5) is 0 Å². The van der Waals surface area contributed by atoms with E-state index in [1.807, 2.05) is 51.1 Å². The van der Waals surface area contributed by atoms with Gasteiger partial charge in [-0.25, -0.2) is 0 Å². The van der Waals surface area contributed by atoms with Crippen molar-refractivity contribution in [2.45, 2.75) is 33.0 Å². The molecule has 0 saturated carbocycles. The smallest absolute Gasteiger partial charge is 0.310 e. The standard InChI is InChI=1S/C16H25NO3/c1-13(10-17-12-16(2,3)19-4)15(18)20-11-14-8-6-5-7-9-14/h5-9,13,17H,10-12H2,1-4H3. The molecule has 0 radical (unpaired) electrons. The van der Waals surface area contributed by atoms with E-state index in [1.165, 1.54) is 0 Å². The number of hydrogen-bond donors (Lipinski definition) is 1. The van der Waals surface area contributed by atoms with E-state index in [0.29, 0.717) is 19.7 Å². The molecule has 1 rings (SSSR count). The largest absolute Gasteiger partial charge is 0.461 e. The minimum Gasteiger partial charge on any atom is -0.461 e. The minimum absolute atomic E-state index is 0.175. The van der Waals surface area contributed by atoms with Gasteiger partial charge in [0.15, 0.2) is 0 Å². The van der Waals surface area contributed by atoms with Gasteiger partial charge in [-0.3, -0.25) is 4.79 Å². The van der Waals surface area contributed by atoms with Gasteiger partial charge >= 0.3 is 5.97 Å². The number of methoxy groups -OCH3 is 1. The van der Waals surface area contributed by atoms with Crippen molar-refractivity contribution in [3.63, 3.8) is 0 Å². The topological polar surface area (TPSA) is 47.6 Å². The van der Waals surface area contributed by atoms with Gasteiger partial charge in [-0.1, -0.05) is 37.3 Å². The van der Waals surface area contributed by atoms with Gasteiger partial charge in [-0.15, -0.1) is 0 Å². The number of ether oxygens (including phenoxy) is 2. The number of rotatable bonds is 8. The van der Waals surface area contributed by atoms with Crippen LogP contribution in [0.5, 0.6) is 0 Å². The lowest BCUT2D eigenvalue weighted by Gasteiger charge is -2.24. The highest BCUT2D eigenvalue weighted by atomic mass is 16.5. The van der Waals surface area contributed by atoms with Crippen LogP contribution in [0, 0.1) is 5.92 Å². The van der Waals surface area contributed by atoms with E-state index < -0.39 is 0 Å². The van der Waals surface area contributed by atoms with Gasteiger partial charge in [0.05, 0.1) is 11.5 Å². The van der Waals surface area contributed by atoms with E-state index in [1.54, 1.807) is 7.11 Å². The molecule has 0 bridgehead atoms. The molecule has 0 aliphatic carbocycles. The molecule has 1 aromatic carbocycles. The van der Waals surface area contributed by atoms with E-state index >= 15 is 0 Å². The van der Waals surface area contributed by atoms with Crippen molar-refractivity contribution < 1.29 is 14.3 Å². The molecular formula is C16H25NO3. The zero-order valence-corrected chi connectivity index (χ0v) is 12.8. The summed E-state index contributed by atoms with van der Waals surface area (Å²) in [5, 5.41) is 3.23. The Hall–Kier alpha value is -1.39. The highest BCUT2D eigenvalue weighted by molar-refractivity contribution is 5.72. The molecule has 0 aromatic heterocycles. The number of benzene rings is 1. The van der Waals surface area contributed by atoms with Crippen LogP contribution in [0.1, 0.15) is 26.3 Å². The maximum absolute atomic E-state index is 11.8. The molecule has 0 spiro atoms. The van der Waals surface area contributed by atoms with Gasteiger partial charge in [0.2, 0.25) is 0 Å². The third-order valence-electron chi connectivity index (χ3n) is 3.18. The van der Waals surface area contributed by atoms with Crippen molar-refractivity contribution in [3.8, 4) is 0 Å². The number of esters is 1. The molecule has 0 saturated heterocycles. The molecule has 4 heteroatoms. The summed E-state index contributed by atoms with van der Waals surface area (Å²) in [7, 11) is 1.68. The average Bonchev–Trinajstić information content (AvgIpc) is 2.45. The Morgan fingerprint density at radius 3 is 2.55 bits per heavy atom. The van der Waals surface area contributed by atoms with Crippen LogP contribution in [0.15, 0.2) is 30.3 Å². The van der Waals surface area contributed by atoms with Gasteiger partial charge < -0.3 is 14.8 Å². The molecule has 1 unspecified atom stereocenters. The molecule has 0 fully saturated rings. The first kappa shape index (κ1) is 16.7. The van der Waals surface area contributed by atoms with Crippen molar-refractivity contribution in [1.82, 2.24) is 5.32 Å². The zero-order chi connectivity index (χ0) is 15.0. The Bertz CT molecular complexity index is 403. The quantitative estimate of drug-likeness (QED) is 0.742. The molecule has 0 heterocycles. The fourth-order valence-electron chi connectivity index (χ4n) is 1.62. The summed E-state index contributed by atoms with van der Waals surface area (Å²) in [5.41, 5.74) is 0.773. The summed E-state index contributed by atoms with van der Waals surface area (Å²) in [5.74, 6) is -0.358. The third kappa shape index (κ3) is 6.17. The molecule has 4 nitrogen and oxygen atoms in total. The van der Waals surface area contributed by atoms with E-state index in [4.69, 9.17) is 9.47 Å². The summed E-state index contributed by atoms with van der Waals surface area (Å²) in [6.45, 7) is 7.46. The number of hydrogen-bond acceptors (Lipinski definition) is 4. The van der Waals surface area contributed by atoms with Gasteiger partial charge in [-0.05, 0) is 19.4 Å². The minimum atomic E-state index is -0.229. The van der Waals surface area contributed by atoms with Crippen LogP contribution in [-0.2, 0) is 20.9 Å². The summed E-state index contributed by atoms with van der Waals surface area (Å²) in [6, 6.07) is 9.69. The lowest BCUT2D eigenvalue weighted by atomic mass is 10.1. The van der Waals surface area contributed by atoms with Crippen LogP contribution in [0.3, 0.4) is 0 Å². The molecule has 1 aromatic rings. The zero-order valence-electron chi connectivity index (χ0n) is 12.8. The van der Waals surface area contributed by atoms with Crippen molar-refractivity contribution in [3.05, 3.63) is 35.9 Å². The first-order chi connectivity index (χ1) is 9.44. The molecule has 112 valence electrons. The second-order valence-corrected chi connectivity index (χ2v) is 5.59. The fraction of sp³-hybridized carbons (Fsp3) is 0.562. The van der Waals surface area contributed by atoms with Crippen LogP contribution in [0.25, 0.3) is 0 Å². The van der Waals surface area contributed by atoms with Crippen LogP contribution in [0.2, 0.25) is 0 Å². The normalized spacial score (nSPS) is 13.0. The first-order valence-electron chi connectivity index (χ1n) is 6.91. The Kier molecular flexibility index (Phi) is 6.68. The van der Waals surface area contributed by atoms with Crippen LogP contribution < -0.4 is 5.32 Å². The number of carbonyl (C=O) groups is 1. The maximum Gasteiger partial charge on any atom is 0.310 e. The van der Waals surface area contributed by atoms with E-state index in [0.717, 1.165) is 5.56 Å². The summed E-state index contributed by atoms with van der Waals surface area (Å²) in [6.07, 6.45) is 0. The molecule has 0 aliphatic rings. The average molecular weight is 279 g/mol. The van der Waals surface area contributed by atoms with Crippen molar-refractivity contribution in [2.24, 2.45) is 5.92 Å². The highest BCUT2D eigenvalue weighted by Gasteiger charge is 2.18. The SMILES string of the molecule is COC(C)(C)CNCC(C)C(=O)OCc1ccccc1. The highest BCUT2D eigenvalue weighted by Crippen LogP contribution is 2.07. The molecule has 1 atom stereocenters. The molecule has 1 N–H and O–H groups in total. The van der Waals surface area contributed by atoms with Crippen LogP contribution in [-0.4, -0.2) is 31.8 Å². The van der Waals surface area contributed by atoms with Gasteiger partial charge in [-0.2, -0.15) is 0 Å². The predicted molar refractivity (Wildman–Crippen MR) is 79.4 cm³/mol. The monoisotopic (exact) mass is 279 g/mol. The van der Waals surface area contributed by atoms with Gasteiger partial charge in [0.1, 0.15) is 6.61 Å². The molecule has 20 heavy (non-hydrogen) atoms. The summed E-state index contributed by atoms with van der Waals surface area (Å²) < 4.78 is 10.6. The van der Waals surface area contributed by atoms with Crippen molar-refractivity contribution in [2.75, 3.05) is 20.2 Å². The summed E-state index contributed by atoms with van der Waals surface area (Å²) in [4.78, 5) is 11.8. The Balaban J connectivity index is 2.26. The van der Waals surface area contributed by atoms with Gasteiger partial charge in [0.25, 0.3) is 0 Å². The van der Waals surface area contributed by atoms with Crippen molar-refractivity contribution in [1.29, 1.82) is 0 Å². The Labute approximate surface area is 121 Å². The Morgan fingerprint density at radius 2 is 1.95 bits per heavy atom. The fourth-order valence-corrected chi connectivity index (χ4v) is 1.62. The third-order valence-corrected chi connectivity index (χ3v) is 3.18. The lowest BCUT2D eigenvalue weighted by Crippen LogP contribution is -2.39. The lowest BCUT2D eigenvalue weighted by molar-refractivity contribution is -0.149. The first-order valence-corrected chi connectivity index (χ1v) is 6.91. The van der Waals surface area contributed by atoms with Crippen LogP contribution >= 0.6 is 0 Å². The number of nitrogens with one attached hydrogen (secondary N) is 1. The summed E-state index contributed by atoms with van der Waals surface area (Å²) >= 11 is 0. The van der Waals surface area contributed by atoms with E-state index in [2.05, 4.69) is 5.32 Å². The second-order valence-electron chi connectivity index (χ2n) is 5.59. The van der Waals surface area contributed by atoms with Gasteiger partial charge in [0, 0.05) is 20.2 Å². The maximum atomic E-state index is 11.8. The molecule has 0 amide bonds. The number of carbonyl (C=O) groups excluding carboxylic acids is 1. The second kappa shape index (κ2) is 8.02. The predicted octanol–water partition coefficient (Wildman–Crippen LogP) is 2.38.